The molecule has 9 nitrogen and oxygen atoms in total. The van der Waals surface area contributed by atoms with Gasteiger partial charge in [-0.25, -0.2) is 10.4 Å². The number of fused-ring (bicyclic) bond motifs is 1. The number of aromatic amines is 1. The van der Waals surface area contributed by atoms with Gasteiger partial charge in [-0.2, -0.15) is 18.3 Å². The van der Waals surface area contributed by atoms with Crippen LogP contribution in [0, 0.1) is 0 Å². The molecule has 0 bridgehead atoms. The van der Waals surface area contributed by atoms with Crippen LogP contribution in [0.2, 0.25) is 0 Å². The zero-order valence-corrected chi connectivity index (χ0v) is 20.9. The van der Waals surface area contributed by atoms with Crippen molar-refractivity contribution in [3.63, 3.8) is 0 Å². The Kier molecular flexibility index (Phi) is 7.17. The Morgan fingerprint density at radius 2 is 2.00 bits per heavy atom. The third kappa shape index (κ3) is 5.19. The van der Waals surface area contributed by atoms with E-state index in [-0.39, 0.29) is 5.41 Å². The summed E-state index contributed by atoms with van der Waals surface area (Å²) < 4.78 is 47.2. The number of aromatic nitrogens is 3. The molecule has 0 atom stereocenters. The van der Waals surface area contributed by atoms with Crippen LogP contribution >= 0.6 is 0 Å². The predicted octanol–water partition coefficient (Wildman–Crippen LogP) is 2.46. The summed E-state index contributed by atoms with van der Waals surface area (Å²) in [5.41, 5.74) is 7.89. The van der Waals surface area contributed by atoms with Gasteiger partial charge >= 0.3 is 6.18 Å². The van der Waals surface area contributed by atoms with E-state index in [1.807, 2.05) is 24.3 Å². The average Bonchev–Trinajstić information content (AvgIpc) is 3.30. The lowest BCUT2D eigenvalue weighted by atomic mass is 9.75. The number of hydrazine groups is 1. The zero-order chi connectivity index (χ0) is 26.0. The maximum atomic E-state index is 13.9. The molecule has 198 valence electrons. The summed E-state index contributed by atoms with van der Waals surface area (Å²) in [5.74, 6) is 0.792. The van der Waals surface area contributed by atoms with Gasteiger partial charge in [0, 0.05) is 69.6 Å². The van der Waals surface area contributed by atoms with Crippen LogP contribution in [0.3, 0.4) is 0 Å². The van der Waals surface area contributed by atoms with Crippen LogP contribution in [0.1, 0.15) is 23.4 Å². The highest BCUT2D eigenvalue weighted by Crippen LogP contribution is 2.39. The van der Waals surface area contributed by atoms with Crippen molar-refractivity contribution in [2.75, 3.05) is 53.5 Å². The van der Waals surface area contributed by atoms with E-state index in [1.165, 1.54) is 0 Å². The van der Waals surface area contributed by atoms with Crippen LogP contribution < -0.4 is 16.2 Å². The summed E-state index contributed by atoms with van der Waals surface area (Å²) in [6.07, 6.45) is -3.93. The molecule has 0 radical (unpaired) electrons. The van der Waals surface area contributed by atoms with Crippen LogP contribution in [-0.4, -0.2) is 79.4 Å². The summed E-state index contributed by atoms with van der Waals surface area (Å²) in [5, 5.41) is 11.1. The number of piperazine rings is 1. The minimum atomic E-state index is -4.56. The van der Waals surface area contributed by atoms with Crippen LogP contribution in [-0.2, 0) is 22.9 Å². The normalized spacial score (nSPS) is 18.7. The van der Waals surface area contributed by atoms with Crippen molar-refractivity contribution < 1.29 is 17.9 Å². The first-order chi connectivity index (χ1) is 17.8. The van der Waals surface area contributed by atoms with Gasteiger partial charge in [0.25, 0.3) is 0 Å². The molecule has 4 heterocycles. The minimum absolute atomic E-state index is 0.285. The highest BCUT2D eigenvalue weighted by Gasteiger charge is 2.42. The van der Waals surface area contributed by atoms with Gasteiger partial charge in [-0.15, -0.1) is 0 Å². The van der Waals surface area contributed by atoms with E-state index in [4.69, 9.17) is 4.74 Å². The smallest absolute Gasteiger partial charge is 0.379 e. The number of pyridine rings is 1. The van der Waals surface area contributed by atoms with E-state index in [9.17, 15) is 13.2 Å². The number of halogens is 3. The topological polar surface area (TPSA) is 102 Å². The summed E-state index contributed by atoms with van der Waals surface area (Å²) in [6, 6.07) is 8.90. The summed E-state index contributed by atoms with van der Waals surface area (Å²) in [6.45, 7) is 4.46. The molecule has 0 saturated carbocycles. The molecule has 3 aromatic rings. The second-order valence-electron chi connectivity index (χ2n) is 9.55. The molecule has 4 N–H and O–H groups in total. The maximum absolute atomic E-state index is 13.9. The van der Waals surface area contributed by atoms with E-state index in [2.05, 4.69) is 41.2 Å². The number of hydrogen-bond acceptors (Lipinski definition) is 7. The molecular weight excluding hydrogens is 485 g/mol. The zero-order valence-electron chi connectivity index (χ0n) is 20.9. The average molecular weight is 517 g/mol. The highest BCUT2D eigenvalue weighted by atomic mass is 19.4. The Morgan fingerprint density at radius 1 is 1.22 bits per heavy atom. The van der Waals surface area contributed by atoms with Gasteiger partial charge in [-0.1, -0.05) is 18.2 Å². The molecular formula is C25H31F3N8O. The first-order valence-corrected chi connectivity index (χ1v) is 12.3. The molecule has 0 spiro atoms. The van der Waals surface area contributed by atoms with Crippen molar-refractivity contribution >= 4 is 16.7 Å². The van der Waals surface area contributed by atoms with Gasteiger partial charge in [-0.05, 0) is 17.7 Å². The first-order valence-electron chi connectivity index (χ1n) is 12.3. The Bertz CT molecular complexity index is 1280. The molecule has 12 heteroatoms. The van der Waals surface area contributed by atoms with Gasteiger partial charge in [0.15, 0.2) is 0 Å². The fourth-order valence-electron chi connectivity index (χ4n) is 5.00. The van der Waals surface area contributed by atoms with Gasteiger partial charge in [0.2, 0.25) is 0 Å². The number of nitrogens with zero attached hydrogens (tertiary/aromatic N) is 4. The van der Waals surface area contributed by atoms with Gasteiger partial charge in [-0.3, -0.25) is 15.0 Å². The van der Waals surface area contributed by atoms with Crippen molar-refractivity contribution in [2.24, 2.45) is 4.99 Å². The van der Waals surface area contributed by atoms with Crippen molar-refractivity contribution in [3.05, 3.63) is 47.3 Å². The molecule has 1 aromatic carbocycles. The third-order valence-corrected chi connectivity index (χ3v) is 7.05. The standard InChI is InChI=1S/C25H31F3N8O/c1-29-21(33-30-2)12-24(14-37-15-24)17-5-3-4-16(10-17)22-18-11-20(25(26,27)28)32-19(23(18)35-34-22)13-36-8-6-31-7-9-36/h3-5,10-11,30-31H,6-9,12-15H2,1-2H3,(H,29,33)(H,34,35). The molecule has 0 amide bonds. The lowest BCUT2D eigenvalue weighted by molar-refractivity contribution is -0.141. The van der Waals surface area contributed by atoms with Crippen LogP contribution in [0.25, 0.3) is 22.2 Å². The number of aliphatic imine (C=N–C) groups is 1. The monoisotopic (exact) mass is 516 g/mol. The Morgan fingerprint density at radius 3 is 2.65 bits per heavy atom. The molecule has 0 unspecified atom stereocenters. The molecule has 37 heavy (non-hydrogen) atoms. The number of nitrogens with one attached hydrogen (secondary N) is 4. The molecule has 5 rings (SSSR count). The summed E-state index contributed by atoms with van der Waals surface area (Å²) in [7, 11) is 3.50. The lowest BCUT2D eigenvalue weighted by Crippen LogP contribution is -2.51. The van der Waals surface area contributed by atoms with Gasteiger partial charge < -0.3 is 15.5 Å². The second-order valence-corrected chi connectivity index (χ2v) is 9.55. The molecule has 2 aromatic heterocycles. The van der Waals surface area contributed by atoms with E-state index < -0.39 is 11.9 Å². The molecule has 2 saturated heterocycles. The fourth-order valence-corrected chi connectivity index (χ4v) is 5.00. The maximum Gasteiger partial charge on any atom is 0.433 e. The number of H-pyrrole nitrogens is 1. The molecule has 2 aliphatic heterocycles. The summed E-state index contributed by atoms with van der Waals surface area (Å²) in [4.78, 5) is 10.4. The number of benzene rings is 1. The molecule has 0 aliphatic carbocycles. The van der Waals surface area contributed by atoms with E-state index in [0.29, 0.717) is 48.5 Å². The van der Waals surface area contributed by atoms with Crippen LogP contribution in [0.5, 0.6) is 0 Å². The van der Waals surface area contributed by atoms with Gasteiger partial charge in [0.1, 0.15) is 17.2 Å². The minimum Gasteiger partial charge on any atom is -0.379 e. The molecule has 2 aliphatic rings. The first kappa shape index (κ1) is 25.6. The number of ether oxygens (including phenoxy) is 1. The van der Waals surface area contributed by atoms with E-state index in [1.54, 1.807) is 14.1 Å². The SMILES string of the molecule is CN=C(CC1(c2cccc(-c3n[nH]c4c(CN5CCNCC5)nc(C(F)(F)F)cc34)c2)COC1)NNC. The van der Waals surface area contributed by atoms with Crippen LogP contribution in [0.15, 0.2) is 35.3 Å². The van der Waals surface area contributed by atoms with E-state index >= 15 is 0 Å². The van der Waals surface area contributed by atoms with Crippen molar-refractivity contribution in [1.82, 2.24) is 36.2 Å². The van der Waals surface area contributed by atoms with Gasteiger partial charge in [0.05, 0.1) is 24.4 Å². The Labute approximate surface area is 212 Å². The third-order valence-electron chi connectivity index (χ3n) is 7.05. The second kappa shape index (κ2) is 10.4. The number of alkyl halides is 3. The van der Waals surface area contributed by atoms with Crippen LogP contribution in [0.4, 0.5) is 13.2 Å². The van der Waals surface area contributed by atoms with E-state index in [0.717, 1.165) is 49.2 Å². The fraction of sp³-hybridized carbons (Fsp3) is 0.480. The molecule has 2 fully saturated rings. The van der Waals surface area contributed by atoms with Crippen molar-refractivity contribution in [3.8, 4) is 11.3 Å². The lowest BCUT2D eigenvalue weighted by Gasteiger charge is -2.42. The quantitative estimate of drug-likeness (QED) is 0.217. The number of rotatable bonds is 7. The summed E-state index contributed by atoms with van der Waals surface area (Å²) >= 11 is 0. The predicted molar refractivity (Wildman–Crippen MR) is 135 cm³/mol. The Hall–Kier alpha value is -3.06. The van der Waals surface area contributed by atoms with Crippen molar-refractivity contribution in [2.45, 2.75) is 24.6 Å². The highest BCUT2D eigenvalue weighted by molar-refractivity contribution is 5.94. The Balaban J connectivity index is 1.54. The number of amidine groups is 1. The van der Waals surface area contributed by atoms with Crippen molar-refractivity contribution in [1.29, 1.82) is 0 Å². The number of hydrogen-bond donors (Lipinski definition) is 4. The largest absolute Gasteiger partial charge is 0.433 e.